The lowest BCUT2D eigenvalue weighted by molar-refractivity contribution is 0.0945. The number of halogens is 1. The van der Waals surface area contributed by atoms with Crippen LogP contribution in [0.25, 0.3) is 0 Å². The summed E-state index contributed by atoms with van der Waals surface area (Å²) in [5, 5.41) is 6.05. The third kappa shape index (κ3) is 5.79. The minimum atomic E-state index is -0.208. The van der Waals surface area contributed by atoms with Crippen molar-refractivity contribution < 1.29 is 14.3 Å². The molecule has 146 valence electrons. The summed E-state index contributed by atoms with van der Waals surface area (Å²) < 4.78 is 11.1. The van der Waals surface area contributed by atoms with Crippen LogP contribution in [0.15, 0.2) is 53.9 Å². The van der Waals surface area contributed by atoms with E-state index in [9.17, 15) is 4.79 Å². The van der Waals surface area contributed by atoms with Crippen LogP contribution in [0, 0.1) is 0 Å². The van der Waals surface area contributed by atoms with Crippen LogP contribution in [0.5, 0.6) is 5.75 Å². The van der Waals surface area contributed by atoms with Gasteiger partial charge in [0.15, 0.2) is 0 Å². The summed E-state index contributed by atoms with van der Waals surface area (Å²) in [4.78, 5) is 16.8. The summed E-state index contributed by atoms with van der Waals surface area (Å²) >= 11 is 7.25. The number of benzene rings is 2. The lowest BCUT2D eigenvalue weighted by atomic mass is 10.1. The Labute approximate surface area is 173 Å². The topological polar surface area (TPSA) is 60.5 Å². The highest BCUT2D eigenvalue weighted by Gasteiger charge is 2.12. The molecule has 0 fully saturated rings. The molecule has 0 bridgehead atoms. The molecule has 5 nitrogen and oxygen atoms in total. The van der Waals surface area contributed by atoms with E-state index < -0.39 is 0 Å². The number of amides is 1. The Bertz CT molecular complexity index is 912. The number of hydrogen-bond acceptors (Lipinski definition) is 5. The van der Waals surface area contributed by atoms with Gasteiger partial charge in [-0.3, -0.25) is 4.79 Å². The van der Waals surface area contributed by atoms with Crippen LogP contribution in [0.2, 0.25) is 5.02 Å². The maximum Gasteiger partial charge on any atom is 0.271 e. The summed E-state index contributed by atoms with van der Waals surface area (Å²) in [5.74, 6) is 0.497. The third-order valence-corrected chi connectivity index (χ3v) is 5.05. The quantitative estimate of drug-likeness (QED) is 0.542. The van der Waals surface area contributed by atoms with Gasteiger partial charge in [0.25, 0.3) is 5.91 Å². The predicted molar refractivity (Wildman–Crippen MR) is 111 cm³/mol. The Kier molecular flexibility index (Phi) is 7.42. The largest absolute Gasteiger partial charge is 0.486 e. The Hall–Kier alpha value is -2.41. The number of nitrogens with one attached hydrogen (secondary N) is 1. The molecule has 1 amide bonds. The van der Waals surface area contributed by atoms with Gasteiger partial charge in [-0.1, -0.05) is 35.9 Å². The molecule has 0 radical (unpaired) electrons. The van der Waals surface area contributed by atoms with Gasteiger partial charge in [0.1, 0.15) is 23.1 Å². The number of rotatable bonds is 9. The van der Waals surface area contributed by atoms with Crippen molar-refractivity contribution in [2.75, 3.05) is 6.61 Å². The lowest BCUT2D eigenvalue weighted by Crippen LogP contribution is -2.23. The third-order valence-electron chi connectivity index (χ3n) is 3.98. The van der Waals surface area contributed by atoms with Crippen LogP contribution >= 0.6 is 22.9 Å². The molecule has 0 spiro atoms. The van der Waals surface area contributed by atoms with E-state index >= 15 is 0 Å². The van der Waals surface area contributed by atoms with Gasteiger partial charge in [-0.2, -0.15) is 0 Å². The zero-order valence-electron chi connectivity index (χ0n) is 15.5. The average molecular weight is 417 g/mol. The van der Waals surface area contributed by atoms with Crippen LogP contribution in [0.3, 0.4) is 0 Å². The number of nitrogens with zero attached hydrogens (tertiary/aromatic N) is 1. The highest BCUT2D eigenvalue weighted by molar-refractivity contribution is 7.09. The molecule has 7 heteroatoms. The molecule has 3 rings (SSSR count). The van der Waals surface area contributed by atoms with Crippen molar-refractivity contribution in [3.63, 3.8) is 0 Å². The van der Waals surface area contributed by atoms with Crippen molar-refractivity contribution in [3.8, 4) is 5.75 Å². The van der Waals surface area contributed by atoms with Crippen LogP contribution in [0.4, 0.5) is 0 Å². The highest BCUT2D eigenvalue weighted by Crippen LogP contribution is 2.18. The van der Waals surface area contributed by atoms with E-state index in [1.165, 1.54) is 11.3 Å². The normalized spacial score (nSPS) is 10.6. The molecule has 2 aromatic carbocycles. The van der Waals surface area contributed by atoms with E-state index in [0.717, 1.165) is 16.1 Å². The van der Waals surface area contributed by atoms with Gasteiger partial charge >= 0.3 is 0 Å². The summed E-state index contributed by atoms with van der Waals surface area (Å²) in [7, 11) is 0. The van der Waals surface area contributed by atoms with Crippen molar-refractivity contribution in [1.29, 1.82) is 0 Å². The second kappa shape index (κ2) is 10.2. The maximum atomic E-state index is 12.4. The molecule has 0 saturated carbocycles. The standard InChI is InChI=1S/C21H21ClN2O3S/c1-2-26-12-16-6-4-3-5-15(16)11-23-21(25)19-14-28-20(24-19)13-27-18-9-7-17(22)8-10-18/h3-10,14H,2,11-13H2,1H3,(H,23,25). The Balaban J connectivity index is 1.53. The summed E-state index contributed by atoms with van der Waals surface area (Å²) in [5.41, 5.74) is 2.49. The predicted octanol–water partition coefficient (Wildman–Crippen LogP) is 4.84. The average Bonchev–Trinajstić information content (AvgIpc) is 3.20. The van der Waals surface area contributed by atoms with E-state index in [1.807, 2.05) is 31.2 Å². The molecule has 1 heterocycles. The summed E-state index contributed by atoms with van der Waals surface area (Å²) in [6, 6.07) is 15.0. The molecule has 0 aliphatic rings. The van der Waals surface area contributed by atoms with Crippen LogP contribution < -0.4 is 10.1 Å². The molecule has 1 N–H and O–H groups in total. The molecule has 28 heavy (non-hydrogen) atoms. The fourth-order valence-corrected chi connectivity index (χ4v) is 3.32. The van der Waals surface area contributed by atoms with Gasteiger partial charge in [0, 0.05) is 23.6 Å². The highest BCUT2D eigenvalue weighted by atomic mass is 35.5. The first kappa shape index (κ1) is 20.3. The van der Waals surface area contributed by atoms with Gasteiger partial charge in [0.05, 0.1) is 6.61 Å². The number of hydrogen-bond donors (Lipinski definition) is 1. The molecular formula is C21H21ClN2O3S. The molecule has 0 unspecified atom stereocenters. The minimum Gasteiger partial charge on any atom is -0.486 e. The number of aromatic nitrogens is 1. The second-order valence-electron chi connectivity index (χ2n) is 5.96. The minimum absolute atomic E-state index is 0.208. The van der Waals surface area contributed by atoms with Crippen molar-refractivity contribution in [3.05, 3.63) is 80.8 Å². The van der Waals surface area contributed by atoms with Crippen LogP contribution in [-0.2, 0) is 24.5 Å². The van der Waals surface area contributed by atoms with Crippen LogP contribution in [0.1, 0.15) is 33.5 Å². The maximum absolute atomic E-state index is 12.4. The van der Waals surface area contributed by atoms with E-state index in [4.69, 9.17) is 21.1 Å². The Morgan fingerprint density at radius 1 is 1.11 bits per heavy atom. The zero-order valence-corrected chi connectivity index (χ0v) is 17.1. The zero-order chi connectivity index (χ0) is 19.8. The first-order chi connectivity index (χ1) is 13.7. The van der Waals surface area contributed by atoms with Crippen LogP contribution in [-0.4, -0.2) is 17.5 Å². The number of carbonyl (C=O) groups is 1. The van der Waals surface area contributed by atoms with E-state index in [-0.39, 0.29) is 5.91 Å². The van der Waals surface area contributed by atoms with Gasteiger partial charge in [0.2, 0.25) is 0 Å². The first-order valence-electron chi connectivity index (χ1n) is 8.91. The second-order valence-corrected chi connectivity index (χ2v) is 7.34. The monoisotopic (exact) mass is 416 g/mol. The molecule has 0 aliphatic carbocycles. The van der Waals surface area contributed by atoms with Crippen molar-refractivity contribution in [1.82, 2.24) is 10.3 Å². The summed E-state index contributed by atoms with van der Waals surface area (Å²) in [6.07, 6.45) is 0. The van der Waals surface area contributed by atoms with Crippen molar-refractivity contribution >= 4 is 28.8 Å². The van der Waals surface area contributed by atoms with Gasteiger partial charge in [-0.05, 0) is 42.3 Å². The molecule has 0 aliphatic heterocycles. The molecular weight excluding hydrogens is 396 g/mol. The van der Waals surface area contributed by atoms with Gasteiger partial charge in [-0.15, -0.1) is 11.3 Å². The van der Waals surface area contributed by atoms with E-state index in [1.54, 1.807) is 29.6 Å². The van der Waals surface area contributed by atoms with Gasteiger partial charge in [-0.25, -0.2) is 4.98 Å². The fraction of sp³-hybridized carbons (Fsp3) is 0.238. The molecule has 3 aromatic rings. The van der Waals surface area contributed by atoms with Crippen molar-refractivity contribution in [2.45, 2.75) is 26.7 Å². The molecule has 0 saturated heterocycles. The Morgan fingerprint density at radius 2 is 1.86 bits per heavy atom. The van der Waals surface area contributed by atoms with Gasteiger partial charge < -0.3 is 14.8 Å². The fourth-order valence-electron chi connectivity index (χ4n) is 2.51. The van der Waals surface area contributed by atoms with E-state index in [0.29, 0.717) is 42.8 Å². The first-order valence-corrected chi connectivity index (χ1v) is 10.2. The van der Waals surface area contributed by atoms with Crippen molar-refractivity contribution in [2.24, 2.45) is 0 Å². The van der Waals surface area contributed by atoms with E-state index in [2.05, 4.69) is 10.3 Å². The SMILES string of the molecule is CCOCc1ccccc1CNC(=O)c1csc(COc2ccc(Cl)cc2)n1. The Morgan fingerprint density at radius 3 is 2.61 bits per heavy atom. The number of carbonyl (C=O) groups excluding carboxylic acids is 1. The molecule has 0 atom stereocenters. The summed E-state index contributed by atoms with van der Waals surface area (Å²) in [6.45, 7) is 3.87. The number of thiazole rings is 1. The number of ether oxygens (including phenoxy) is 2. The molecule has 1 aromatic heterocycles. The lowest BCUT2D eigenvalue weighted by Gasteiger charge is -2.10. The smallest absolute Gasteiger partial charge is 0.271 e.